The Morgan fingerprint density at radius 1 is 1.14 bits per heavy atom. The van der Waals surface area contributed by atoms with E-state index in [1.807, 2.05) is 6.07 Å². The van der Waals surface area contributed by atoms with Crippen LogP contribution < -0.4 is 10.2 Å². The van der Waals surface area contributed by atoms with Gasteiger partial charge in [0.2, 0.25) is 0 Å². The summed E-state index contributed by atoms with van der Waals surface area (Å²) in [6.45, 7) is 2.16. The van der Waals surface area contributed by atoms with Gasteiger partial charge in [0.1, 0.15) is 0 Å². The van der Waals surface area contributed by atoms with Crippen LogP contribution in [-0.4, -0.2) is 14.1 Å². The van der Waals surface area contributed by atoms with Gasteiger partial charge in [-0.1, -0.05) is 17.7 Å². The number of hydrogen-bond acceptors (Lipinski definition) is 2. The minimum Gasteiger partial charge on any atom is -0.378 e. The van der Waals surface area contributed by atoms with Gasteiger partial charge in [-0.25, -0.2) is 0 Å². The second kappa shape index (κ2) is 5.61. The fourth-order valence-corrected chi connectivity index (χ4v) is 3.21. The van der Waals surface area contributed by atoms with Crippen LogP contribution in [0.15, 0.2) is 36.4 Å². The normalized spacial score (nSPS) is 16.7. The Bertz CT molecular complexity index is 664. The topological polar surface area (TPSA) is 15.3 Å². The van der Waals surface area contributed by atoms with Gasteiger partial charge in [-0.2, -0.15) is 0 Å². The number of hydrogen-bond donors (Lipinski definition) is 1. The van der Waals surface area contributed by atoms with E-state index in [0.29, 0.717) is 6.04 Å². The summed E-state index contributed by atoms with van der Waals surface area (Å²) in [5, 5.41) is 4.52. The third kappa shape index (κ3) is 2.86. The van der Waals surface area contributed by atoms with Crippen molar-refractivity contribution >= 4 is 23.0 Å². The SMILES string of the molecule is Cc1cc(N(C)C)ccc1NC1CCc2cc(Cl)ccc21. The van der Waals surface area contributed by atoms with Gasteiger partial charge in [-0.3, -0.25) is 0 Å². The molecule has 2 nitrogen and oxygen atoms in total. The fraction of sp³-hybridized carbons (Fsp3) is 0.333. The molecule has 0 fully saturated rings. The Morgan fingerprint density at radius 2 is 1.95 bits per heavy atom. The predicted octanol–water partition coefficient (Wildman–Crippen LogP) is 4.81. The van der Waals surface area contributed by atoms with Crippen LogP contribution in [-0.2, 0) is 6.42 Å². The first-order valence-electron chi connectivity index (χ1n) is 7.37. The molecule has 1 aliphatic rings. The summed E-state index contributed by atoms with van der Waals surface area (Å²) in [4.78, 5) is 2.13. The van der Waals surface area contributed by atoms with Gasteiger partial charge in [-0.15, -0.1) is 0 Å². The number of nitrogens with zero attached hydrogens (tertiary/aromatic N) is 1. The lowest BCUT2D eigenvalue weighted by atomic mass is 10.1. The van der Waals surface area contributed by atoms with E-state index in [1.54, 1.807) is 0 Å². The van der Waals surface area contributed by atoms with E-state index >= 15 is 0 Å². The van der Waals surface area contributed by atoms with Crippen molar-refractivity contribution in [1.82, 2.24) is 0 Å². The average Bonchev–Trinajstić information content (AvgIpc) is 2.83. The summed E-state index contributed by atoms with van der Waals surface area (Å²) in [5.74, 6) is 0. The first-order valence-corrected chi connectivity index (χ1v) is 7.75. The minimum absolute atomic E-state index is 0.390. The molecule has 0 saturated carbocycles. The van der Waals surface area contributed by atoms with Crippen molar-refractivity contribution in [1.29, 1.82) is 0 Å². The van der Waals surface area contributed by atoms with Crippen molar-refractivity contribution in [2.24, 2.45) is 0 Å². The zero-order chi connectivity index (χ0) is 15.0. The molecule has 0 aliphatic heterocycles. The molecule has 21 heavy (non-hydrogen) atoms. The lowest BCUT2D eigenvalue weighted by Crippen LogP contribution is -2.11. The molecule has 1 atom stereocenters. The molecule has 2 aromatic rings. The van der Waals surface area contributed by atoms with Crippen LogP contribution in [0.1, 0.15) is 29.2 Å². The largest absolute Gasteiger partial charge is 0.378 e. The number of benzene rings is 2. The second-order valence-electron chi connectivity index (χ2n) is 5.97. The number of nitrogens with one attached hydrogen (secondary N) is 1. The Morgan fingerprint density at radius 3 is 2.67 bits per heavy atom. The van der Waals surface area contributed by atoms with Crippen molar-refractivity contribution in [3.63, 3.8) is 0 Å². The lowest BCUT2D eigenvalue weighted by Gasteiger charge is -2.20. The summed E-state index contributed by atoms with van der Waals surface area (Å²) in [6.07, 6.45) is 2.23. The summed E-state index contributed by atoms with van der Waals surface area (Å²) in [6, 6.07) is 13.2. The van der Waals surface area contributed by atoms with E-state index in [2.05, 4.69) is 61.6 Å². The highest BCUT2D eigenvalue weighted by molar-refractivity contribution is 6.30. The first-order chi connectivity index (χ1) is 10.0. The Kier molecular flexibility index (Phi) is 3.81. The minimum atomic E-state index is 0.390. The smallest absolute Gasteiger partial charge is 0.0519 e. The molecule has 110 valence electrons. The molecule has 0 radical (unpaired) electrons. The second-order valence-corrected chi connectivity index (χ2v) is 6.41. The Labute approximate surface area is 131 Å². The quantitative estimate of drug-likeness (QED) is 0.875. The van der Waals surface area contributed by atoms with E-state index in [4.69, 9.17) is 11.6 Å². The van der Waals surface area contributed by atoms with Crippen LogP contribution in [0.5, 0.6) is 0 Å². The van der Waals surface area contributed by atoms with Crippen LogP contribution in [0.4, 0.5) is 11.4 Å². The van der Waals surface area contributed by atoms with E-state index < -0.39 is 0 Å². The lowest BCUT2D eigenvalue weighted by molar-refractivity contribution is 0.761. The molecule has 0 spiro atoms. The van der Waals surface area contributed by atoms with E-state index in [-0.39, 0.29) is 0 Å². The molecule has 1 aliphatic carbocycles. The Hall–Kier alpha value is -1.67. The maximum absolute atomic E-state index is 6.08. The third-order valence-corrected chi connectivity index (χ3v) is 4.47. The number of anilines is 2. The summed E-state index contributed by atoms with van der Waals surface area (Å²) in [7, 11) is 4.14. The summed E-state index contributed by atoms with van der Waals surface area (Å²) in [5.41, 5.74) is 6.49. The van der Waals surface area contributed by atoms with Crippen molar-refractivity contribution in [2.45, 2.75) is 25.8 Å². The maximum atomic E-state index is 6.08. The molecular weight excluding hydrogens is 280 g/mol. The van der Waals surface area contributed by atoms with Crippen molar-refractivity contribution in [3.8, 4) is 0 Å². The number of aryl methyl sites for hydroxylation is 2. The highest BCUT2D eigenvalue weighted by Crippen LogP contribution is 2.36. The number of rotatable bonds is 3. The molecule has 2 aromatic carbocycles. The summed E-state index contributed by atoms with van der Waals surface area (Å²) >= 11 is 6.08. The molecule has 0 bridgehead atoms. The average molecular weight is 301 g/mol. The van der Waals surface area contributed by atoms with Crippen LogP contribution in [0.3, 0.4) is 0 Å². The van der Waals surface area contributed by atoms with Gasteiger partial charge in [0.05, 0.1) is 6.04 Å². The molecule has 1 unspecified atom stereocenters. The molecule has 0 amide bonds. The highest BCUT2D eigenvalue weighted by Gasteiger charge is 2.22. The summed E-state index contributed by atoms with van der Waals surface area (Å²) < 4.78 is 0. The van der Waals surface area contributed by atoms with Crippen molar-refractivity contribution in [2.75, 3.05) is 24.3 Å². The van der Waals surface area contributed by atoms with E-state index in [0.717, 1.165) is 17.9 Å². The predicted molar refractivity (Wildman–Crippen MR) is 91.6 cm³/mol. The number of fused-ring (bicyclic) bond motifs is 1. The van der Waals surface area contributed by atoms with Crippen LogP contribution in [0.2, 0.25) is 5.02 Å². The highest BCUT2D eigenvalue weighted by atomic mass is 35.5. The fourth-order valence-electron chi connectivity index (χ4n) is 3.01. The molecular formula is C18H21ClN2. The van der Waals surface area contributed by atoms with E-state index in [1.165, 1.54) is 28.1 Å². The van der Waals surface area contributed by atoms with Gasteiger partial charge < -0.3 is 10.2 Å². The van der Waals surface area contributed by atoms with Crippen LogP contribution in [0.25, 0.3) is 0 Å². The van der Waals surface area contributed by atoms with Gasteiger partial charge in [0.15, 0.2) is 0 Å². The molecule has 3 rings (SSSR count). The van der Waals surface area contributed by atoms with Crippen LogP contribution in [0, 0.1) is 6.92 Å². The molecule has 0 aromatic heterocycles. The molecule has 0 heterocycles. The standard InChI is InChI=1S/C18H21ClN2/c1-12-10-15(21(2)3)6-9-17(12)20-18-8-4-13-11-14(19)5-7-16(13)18/h5-7,9-11,18,20H,4,8H2,1-3H3. The molecule has 3 heteroatoms. The van der Waals surface area contributed by atoms with Gasteiger partial charge >= 0.3 is 0 Å². The zero-order valence-corrected chi connectivity index (χ0v) is 13.5. The zero-order valence-electron chi connectivity index (χ0n) is 12.8. The number of halogens is 1. The maximum Gasteiger partial charge on any atom is 0.0519 e. The van der Waals surface area contributed by atoms with E-state index in [9.17, 15) is 0 Å². The van der Waals surface area contributed by atoms with Crippen molar-refractivity contribution < 1.29 is 0 Å². The van der Waals surface area contributed by atoms with Gasteiger partial charge in [0, 0.05) is 30.5 Å². The van der Waals surface area contributed by atoms with Crippen LogP contribution >= 0.6 is 11.6 Å². The monoisotopic (exact) mass is 300 g/mol. The molecule has 1 N–H and O–H groups in total. The van der Waals surface area contributed by atoms with Gasteiger partial charge in [-0.05, 0) is 66.8 Å². The van der Waals surface area contributed by atoms with Gasteiger partial charge in [0.25, 0.3) is 0 Å². The molecule has 0 saturated heterocycles. The third-order valence-electron chi connectivity index (χ3n) is 4.24. The van der Waals surface area contributed by atoms with Crippen molar-refractivity contribution in [3.05, 3.63) is 58.1 Å². The Balaban J connectivity index is 1.83. The first kappa shape index (κ1) is 14.3.